The third kappa shape index (κ3) is 4.35. The van der Waals surface area contributed by atoms with Crippen LogP contribution in [0.3, 0.4) is 0 Å². The van der Waals surface area contributed by atoms with Crippen LogP contribution >= 0.6 is 12.4 Å². The summed E-state index contributed by atoms with van der Waals surface area (Å²) in [6, 6.07) is 5.41. The Balaban J connectivity index is 0.00000210. The number of fused-ring (bicyclic) bond motifs is 2. The highest BCUT2D eigenvalue weighted by Crippen LogP contribution is 2.40. The summed E-state index contributed by atoms with van der Waals surface area (Å²) in [6.07, 6.45) is 7.36. The maximum atomic E-state index is 12.8. The number of nitro benzene ring substituents is 1. The minimum absolute atomic E-state index is 0. The Kier molecular flexibility index (Phi) is 5.91. The maximum Gasteiger partial charge on any atom is 0.293 e. The molecule has 3 fully saturated rings. The summed E-state index contributed by atoms with van der Waals surface area (Å²) in [5.74, 6) is 0.628. The topological polar surface area (TPSA) is 110 Å². The fourth-order valence-electron chi connectivity index (χ4n) is 4.65. The number of benzene rings is 1. The molecule has 0 aromatic heterocycles. The van der Waals surface area contributed by atoms with Gasteiger partial charge in [0.1, 0.15) is 5.69 Å². The molecular weight excluding hydrogens is 368 g/mol. The van der Waals surface area contributed by atoms with E-state index in [-0.39, 0.29) is 36.1 Å². The van der Waals surface area contributed by atoms with E-state index in [1.165, 1.54) is 12.5 Å². The number of hydrogen-bond acceptors (Lipinski definition) is 5. The molecule has 2 unspecified atom stereocenters. The Morgan fingerprint density at radius 1 is 1.15 bits per heavy atom. The lowest BCUT2D eigenvalue weighted by atomic mass is 9.67. The van der Waals surface area contributed by atoms with Gasteiger partial charge in [-0.25, -0.2) is 0 Å². The molecule has 1 aromatic carbocycles. The second-order valence-electron chi connectivity index (χ2n) is 8.09. The van der Waals surface area contributed by atoms with Crippen molar-refractivity contribution in [3.05, 3.63) is 33.9 Å². The Morgan fingerprint density at radius 2 is 1.81 bits per heavy atom. The number of amides is 1. The number of halogens is 1. The van der Waals surface area contributed by atoms with Gasteiger partial charge in [-0.2, -0.15) is 0 Å². The second kappa shape index (κ2) is 8.02. The van der Waals surface area contributed by atoms with E-state index >= 15 is 0 Å². The summed E-state index contributed by atoms with van der Waals surface area (Å²) in [5, 5.41) is 17.7. The third-order valence-corrected chi connectivity index (χ3v) is 6.07. The number of carbonyl (C=O) groups excluding carboxylic acids is 1. The first-order valence-electron chi connectivity index (χ1n) is 9.62. The van der Waals surface area contributed by atoms with Crippen molar-refractivity contribution in [3.8, 4) is 0 Å². The molecule has 7 nitrogen and oxygen atoms in total. The molecule has 0 heterocycles. The molecule has 3 aliphatic rings. The third-order valence-electron chi connectivity index (χ3n) is 6.07. The number of rotatable bonds is 5. The predicted molar refractivity (Wildman–Crippen MR) is 106 cm³/mol. The van der Waals surface area contributed by atoms with E-state index in [4.69, 9.17) is 5.73 Å². The Morgan fingerprint density at radius 3 is 2.41 bits per heavy atom. The highest BCUT2D eigenvalue weighted by Gasteiger charge is 2.40. The summed E-state index contributed by atoms with van der Waals surface area (Å²) in [7, 11) is 0. The number of anilines is 1. The molecular formula is C19H27ClN4O3. The van der Waals surface area contributed by atoms with Crippen LogP contribution in [0.5, 0.6) is 0 Å². The molecule has 4 N–H and O–H groups in total. The van der Waals surface area contributed by atoms with Crippen LogP contribution in [-0.2, 0) is 0 Å². The summed E-state index contributed by atoms with van der Waals surface area (Å²) < 4.78 is 0. The van der Waals surface area contributed by atoms with E-state index in [1.54, 1.807) is 12.1 Å². The van der Waals surface area contributed by atoms with Crippen molar-refractivity contribution in [2.45, 2.75) is 63.1 Å². The first-order valence-corrected chi connectivity index (χ1v) is 9.62. The summed E-state index contributed by atoms with van der Waals surface area (Å²) in [4.78, 5) is 23.7. The smallest absolute Gasteiger partial charge is 0.293 e. The van der Waals surface area contributed by atoms with E-state index in [9.17, 15) is 14.9 Å². The average molecular weight is 395 g/mol. The lowest BCUT2D eigenvalue weighted by molar-refractivity contribution is -0.384. The molecule has 1 aromatic rings. The molecule has 0 radical (unpaired) electrons. The van der Waals surface area contributed by atoms with Gasteiger partial charge in [-0.1, -0.05) is 6.42 Å². The lowest BCUT2D eigenvalue weighted by Crippen LogP contribution is -2.53. The van der Waals surface area contributed by atoms with Crippen LogP contribution < -0.4 is 16.4 Å². The quantitative estimate of drug-likeness (QED) is 0.524. The van der Waals surface area contributed by atoms with E-state index in [0.717, 1.165) is 38.5 Å². The van der Waals surface area contributed by atoms with Crippen molar-refractivity contribution in [1.29, 1.82) is 0 Å². The van der Waals surface area contributed by atoms with Gasteiger partial charge in [-0.15, -0.1) is 12.4 Å². The van der Waals surface area contributed by atoms with Gasteiger partial charge in [-0.3, -0.25) is 14.9 Å². The summed E-state index contributed by atoms with van der Waals surface area (Å²) >= 11 is 0. The zero-order chi connectivity index (χ0) is 18.3. The molecule has 0 spiro atoms. The number of nitrogens with two attached hydrogens (primary N) is 1. The molecule has 27 heavy (non-hydrogen) atoms. The van der Waals surface area contributed by atoms with E-state index in [0.29, 0.717) is 29.1 Å². The van der Waals surface area contributed by atoms with Crippen LogP contribution in [0.4, 0.5) is 11.4 Å². The highest BCUT2D eigenvalue weighted by molar-refractivity contribution is 5.96. The van der Waals surface area contributed by atoms with Crippen LogP contribution in [0.15, 0.2) is 18.2 Å². The Bertz CT molecular complexity index is 711. The number of nitro groups is 1. The molecule has 1 amide bonds. The highest BCUT2D eigenvalue weighted by atomic mass is 35.5. The maximum absolute atomic E-state index is 12.8. The largest absolute Gasteiger partial charge is 0.377 e. The van der Waals surface area contributed by atoms with Crippen molar-refractivity contribution in [1.82, 2.24) is 5.32 Å². The van der Waals surface area contributed by atoms with Gasteiger partial charge in [0.05, 0.1) is 4.92 Å². The molecule has 2 bridgehead atoms. The van der Waals surface area contributed by atoms with Crippen molar-refractivity contribution in [2.24, 2.45) is 17.6 Å². The molecule has 4 rings (SSSR count). The zero-order valence-corrected chi connectivity index (χ0v) is 16.0. The molecule has 0 aliphatic heterocycles. The number of hydrogen-bond donors (Lipinski definition) is 3. The van der Waals surface area contributed by atoms with Crippen LogP contribution in [-0.4, -0.2) is 29.0 Å². The molecule has 0 saturated heterocycles. The normalized spacial score (nSPS) is 29.4. The lowest BCUT2D eigenvalue weighted by Gasteiger charge is -2.45. The van der Waals surface area contributed by atoms with Gasteiger partial charge in [0, 0.05) is 29.8 Å². The van der Waals surface area contributed by atoms with Crippen molar-refractivity contribution in [3.63, 3.8) is 0 Å². The summed E-state index contributed by atoms with van der Waals surface area (Å²) in [5.41, 5.74) is 6.96. The Hall–Kier alpha value is -1.86. The van der Waals surface area contributed by atoms with Crippen molar-refractivity contribution >= 4 is 29.7 Å². The van der Waals surface area contributed by atoms with Gasteiger partial charge >= 0.3 is 0 Å². The van der Waals surface area contributed by atoms with E-state index < -0.39 is 4.92 Å². The number of nitrogens with one attached hydrogen (secondary N) is 2. The zero-order valence-electron chi connectivity index (χ0n) is 15.2. The fourth-order valence-corrected chi connectivity index (χ4v) is 4.65. The van der Waals surface area contributed by atoms with Crippen LogP contribution in [0, 0.1) is 22.0 Å². The second-order valence-corrected chi connectivity index (χ2v) is 8.09. The molecule has 8 heteroatoms. The Labute approximate surface area is 165 Å². The van der Waals surface area contributed by atoms with Gasteiger partial charge in [0.2, 0.25) is 0 Å². The molecule has 2 atom stereocenters. The monoisotopic (exact) mass is 394 g/mol. The van der Waals surface area contributed by atoms with Crippen molar-refractivity contribution in [2.75, 3.05) is 5.32 Å². The fraction of sp³-hybridized carbons (Fsp3) is 0.632. The molecule has 3 aliphatic carbocycles. The van der Waals surface area contributed by atoms with E-state index in [1.807, 2.05) is 0 Å². The number of carbonyl (C=O) groups is 1. The van der Waals surface area contributed by atoms with Crippen LogP contribution in [0.2, 0.25) is 0 Å². The van der Waals surface area contributed by atoms with E-state index in [2.05, 4.69) is 10.6 Å². The van der Waals surface area contributed by atoms with Gasteiger partial charge in [0.15, 0.2) is 0 Å². The number of nitrogens with zero attached hydrogens (tertiary/aromatic N) is 1. The standard InChI is InChI=1S/C19H26N4O3.ClH/c20-14-8-11-2-1-3-12(9-14)18(11)22-19(24)13-4-7-16(21-15-5-6-15)17(10-13)23(25)26;/h4,7,10-12,14-15,18,21H,1-3,5-6,8-9,20H2,(H,22,24);1H. The van der Waals surface area contributed by atoms with Crippen LogP contribution in [0.25, 0.3) is 0 Å². The first-order chi connectivity index (χ1) is 12.5. The predicted octanol–water partition coefficient (Wildman–Crippen LogP) is 3.23. The van der Waals surface area contributed by atoms with Gasteiger partial charge in [0.25, 0.3) is 11.6 Å². The summed E-state index contributed by atoms with van der Waals surface area (Å²) in [6.45, 7) is 0. The van der Waals surface area contributed by atoms with Crippen molar-refractivity contribution < 1.29 is 9.72 Å². The van der Waals surface area contributed by atoms with Gasteiger partial charge < -0.3 is 16.4 Å². The minimum Gasteiger partial charge on any atom is -0.377 e. The van der Waals surface area contributed by atoms with Crippen LogP contribution in [0.1, 0.15) is 55.3 Å². The molecule has 148 valence electrons. The average Bonchev–Trinajstić information content (AvgIpc) is 3.39. The SMILES string of the molecule is Cl.NC1CC2CCCC(C1)C2NC(=O)c1ccc(NC2CC2)c([N+](=O)[O-])c1. The molecule has 3 saturated carbocycles. The minimum atomic E-state index is -0.421. The first kappa shape index (κ1) is 19.9. The van der Waals surface area contributed by atoms with Gasteiger partial charge in [-0.05, 0) is 62.5 Å².